The van der Waals surface area contributed by atoms with Crippen molar-refractivity contribution in [3.05, 3.63) is 60.6 Å². The van der Waals surface area contributed by atoms with Crippen LogP contribution >= 0.6 is 45.8 Å². The molecule has 0 unspecified atom stereocenters. The molecule has 0 aromatic heterocycles. The lowest BCUT2D eigenvalue weighted by Crippen LogP contribution is -1.90. The number of halogens is 5. The molecule has 2 aromatic carbocycles. The van der Waals surface area contributed by atoms with Gasteiger partial charge in [-0.05, 0) is 46.9 Å². The van der Waals surface area contributed by atoms with Gasteiger partial charge in [-0.2, -0.15) is 10.5 Å². The molecule has 112 valence electrons. The molecule has 22 heavy (non-hydrogen) atoms. The molecule has 0 fully saturated rings. The average molecular weight is 452 g/mol. The summed E-state index contributed by atoms with van der Waals surface area (Å²) in [6, 6.07) is 8.52. The van der Waals surface area contributed by atoms with Gasteiger partial charge in [0, 0.05) is 9.26 Å². The first-order valence-electron chi connectivity index (χ1n) is 5.49. The quantitative estimate of drug-likeness (QED) is 0.457. The van der Waals surface area contributed by atoms with Crippen molar-refractivity contribution in [2.45, 2.75) is 0 Å². The van der Waals surface area contributed by atoms with Crippen molar-refractivity contribution in [1.82, 2.24) is 0 Å². The van der Waals surface area contributed by atoms with Gasteiger partial charge < -0.3 is 5.73 Å². The normalized spacial score (nSPS) is 9.23. The fraction of sp³-hybridized carbons (Fsp3) is 0. The predicted molar refractivity (Wildman–Crippen MR) is 89.4 cm³/mol. The van der Waals surface area contributed by atoms with Crippen LogP contribution in [0, 0.1) is 37.9 Å². The Morgan fingerprint density at radius 1 is 0.909 bits per heavy atom. The third-order valence-electron chi connectivity index (χ3n) is 2.29. The van der Waals surface area contributed by atoms with Gasteiger partial charge in [0.15, 0.2) is 0 Å². The summed E-state index contributed by atoms with van der Waals surface area (Å²) in [5.74, 6) is -1.25. The van der Waals surface area contributed by atoms with Crippen molar-refractivity contribution in [3.63, 3.8) is 0 Å². The van der Waals surface area contributed by atoms with Gasteiger partial charge in [-0.3, -0.25) is 0 Å². The van der Waals surface area contributed by atoms with Crippen LogP contribution in [0.1, 0.15) is 11.1 Å². The van der Waals surface area contributed by atoms with E-state index in [1.165, 1.54) is 12.1 Å². The van der Waals surface area contributed by atoms with E-state index >= 15 is 0 Å². The summed E-state index contributed by atoms with van der Waals surface area (Å²) in [6.07, 6.45) is 0. The van der Waals surface area contributed by atoms with Crippen molar-refractivity contribution in [2.24, 2.45) is 0 Å². The highest BCUT2D eigenvalue weighted by molar-refractivity contribution is 14.1. The van der Waals surface area contributed by atoms with Crippen LogP contribution < -0.4 is 5.73 Å². The zero-order valence-corrected chi connectivity index (χ0v) is 14.3. The molecular weight excluding hydrogens is 446 g/mol. The Bertz CT molecular complexity index is 684. The Labute approximate surface area is 149 Å². The Morgan fingerprint density at radius 3 is 1.77 bits per heavy atom. The Morgan fingerprint density at radius 2 is 1.36 bits per heavy atom. The van der Waals surface area contributed by atoms with Crippen LogP contribution in [0.2, 0.25) is 10.0 Å². The number of hydrogen-bond donors (Lipinski definition) is 1. The summed E-state index contributed by atoms with van der Waals surface area (Å²) in [7, 11) is 0. The number of rotatable bonds is 0. The number of nitrogens with zero attached hydrogens (tertiary/aromatic N) is 2. The Balaban J connectivity index is 0.000000220. The lowest BCUT2D eigenvalue weighted by Gasteiger charge is -1.97. The molecule has 3 nitrogen and oxygen atoms in total. The first kappa shape index (κ1) is 18.4. The van der Waals surface area contributed by atoms with Gasteiger partial charge in [-0.1, -0.05) is 23.2 Å². The van der Waals surface area contributed by atoms with E-state index in [0.717, 1.165) is 6.07 Å². The van der Waals surface area contributed by atoms with E-state index in [0.29, 0.717) is 3.57 Å². The maximum atomic E-state index is 12.8. The van der Waals surface area contributed by atoms with Crippen molar-refractivity contribution >= 4 is 51.5 Å². The summed E-state index contributed by atoms with van der Waals surface area (Å²) in [4.78, 5) is 0. The van der Waals surface area contributed by atoms with E-state index in [9.17, 15) is 8.78 Å². The standard InChI is InChI=1S/C7H2ClFIN.C7H4ClFN2/c8-6-1-4(10)2-7(9)5(6)3-11;8-6-1-4(11)2-7(9)5(6)3-10/h1-2H;1-2H,11H2. The van der Waals surface area contributed by atoms with Gasteiger partial charge in [-0.25, -0.2) is 8.78 Å². The number of nitrogen functional groups attached to an aromatic ring is 1. The molecule has 0 aliphatic carbocycles. The van der Waals surface area contributed by atoms with Crippen LogP contribution in [0.15, 0.2) is 24.3 Å². The highest BCUT2D eigenvalue weighted by Gasteiger charge is 2.07. The summed E-state index contributed by atoms with van der Waals surface area (Å²) >= 11 is 13.0. The summed E-state index contributed by atoms with van der Waals surface area (Å²) in [6.45, 7) is 0. The van der Waals surface area contributed by atoms with Crippen LogP contribution in [-0.2, 0) is 0 Å². The third-order valence-corrected chi connectivity index (χ3v) is 3.51. The first-order valence-corrected chi connectivity index (χ1v) is 7.32. The monoisotopic (exact) mass is 451 g/mol. The molecule has 2 aromatic rings. The lowest BCUT2D eigenvalue weighted by molar-refractivity contribution is 0.623. The molecule has 0 aliphatic rings. The van der Waals surface area contributed by atoms with Crippen molar-refractivity contribution in [3.8, 4) is 12.1 Å². The largest absolute Gasteiger partial charge is 0.399 e. The number of benzene rings is 2. The molecule has 0 spiro atoms. The predicted octanol–water partition coefficient (Wildman–Crippen LogP) is 4.89. The molecule has 0 atom stereocenters. The number of anilines is 1. The second kappa shape index (κ2) is 8.14. The molecule has 0 aliphatic heterocycles. The fourth-order valence-corrected chi connectivity index (χ4v) is 2.63. The van der Waals surface area contributed by atoms with Crippen LogP contribution in [-0.4, -0.2) is 0 Å². The second-order valence-electron chi connectivity index (χ2n) is 3.83. The van der Waals surface area contributed by atoms with E-state index in [1.54, 1.807) is 18.2 Å². The second-order valence-corrected chi connectivity index (χ2v) is 5.89. The molecule has 0 saturated heterocycles. The Hall–Kier alpha value is -1.61. The molecule has 0 saturated carbocycles. The van der Waals surface area contributed by atoms with E-state index in [4.69, 9.17) is 39.5 Å². The highest BCUT2D eigenvalue weighted by atomic mass is 127. The molecule has 2 rings (SSSR count). The molecule has 8 heteroatoms. The third kappa shape index (κ3) is 4.70. The molecule has 2 N–H and O–H groups in total. The zero-order valence-electron chi connectivity index (χ0n) is 10.7. The van der Waals surface area contributed by atoms with E-state index in [-0.39, 0.29) is 26.9 Å². The van der Waals surface area contributed by atoms with Gasteiger partial charge in [0.25, 0.3) is 0 Å². The van der Waals surface area contributed by atoms with Gasteiger partial charge >= 0.3 is 0 Å². The van der Waals surface area contributed by atoms with Crippen molar-refractivity contribution in [2.75, 3.05) is 5.73 Å². The first-order chi connectivity index (χ1) is 10.3. The highest BCUT2D eigenvalue weighted by Crippen LogP contribution is 2.22. The van der Waals surface area contributed by atoms with E-state index in [2.05, 4.69) is 0 Å². The average Bonchev–Trinajstić information content (AvgIpc) is 2.38. The minimum Gasteiger partial charge on any atom is -0.399 e. The smallest absolute Gasteiger partial charge is 0.144 e. The molecule has 0 amide bonds. The minimum atomic E-state index is -0.683. The maximum absolute atomic E-state index is 12.8. The van der Waals surface area contributed by atoms with Gasteiger partial charge in [-0.15, -0.1) is 0 Å². The van der Waals surface area contributed by atoms with E-state index < -0.39 is 11.6 Å². The SMILES string of the molecule is N#Cc1c(F)cc(I)cc1Cl.N#Cc1c(F)cc(N)cc1Cl. The number of nitriles is 2. The van der Waals surface area contributed by atoms with Crippen LogP contribution in [0.3, 0.4) is 0 Å². The van der Waals surface area contributed by atoms with Gasteiger partial charge in [0.1, 0.15) is 34.9 Å². The van der Waals surface area contributed by atoms with Gasteiger partial charge in [0.05, 0.1) is 10.0 Å². The van der Waals surface area contributed by atoms with Gasteiger partial charge in [0.2, 0.25) is 0 Å². The molecule has 0 radical (unpaired) electrons. The van der Waals surface area contributed by atoms with Crippen LogP contribution in [0.4, 0.5) is 14.5 Å². The van der Waals surface area contributed by atoms with Crippen molar-refractivity contribution < 1.29 is 8.78 Å². The lowest BCUT2D eigenvalue weighted by atomic mass is 10.2. The summed E-state index contributed by atoms with van der Waals surface area (Å²) < 4.78 is 26.2. The molecule has 0 heterocycles. The zero-order chi connectivity index (χ0) is 16.9. The number of hydrogen-bond acceptors (Lipinski definition) is 3. The molecular formula is C14H6Cl2F2IN3. The Kier molecular flexibility index (Phi) is 6.82. The fourth-order valence-electron chi connectivity index (χ4n) is 1.35. The minimum absolute atomic E-state index is 0.0463. The van der Waals surface area contributed by atoms with Crippen molar-refractivity contribution in [1.29, 1.82) is 10.5 Å². The summed E-state index contributed by atoms with van der Waals surface area (Å²) in [5, 5.41) is 17.0. The van der Waals surface area contributed by atoms with E-state index in [1.807, 2.05) is 22.6 Å². The van der Waals surface area contributed by atoms with Crippen LogP contribution in [0.25, 0.3) is 0 Å². The summed E-state index contributed by atoms with van der Waals surface area (Å²) in [5.41, 5.74) is 5.21. The number of nitrogens with two attached hydrogens (primary N) is 1. The molecule has 0 bridgehead atoms. The van der Waals surface area contributed by atoms with Crippen LogP contribution in [0.5, 0.6) is 0 Å². The maximum Gasteiger partial charge on any atom is 0.144 e. The topological polar surface area (TPSA) is 73.6 Å².